The maximum atomic E-state index is 12.4. The largest absolute Gasteiger partial charge is 0.493 e. The third kappa shape index (κ3) is 3.56. The third-order valence-electron chi connectivity index (χ3n) is 3.23. The smallest absolute Gasteiger partial charge is 0.258 e. The number of nitrogens with one attached hydrogen (secondary N) is 1. The molecule has 2 rings (SSSR count). The van der Waals surface area contributed by atoms with Crippen molar-refractivity contribution in [3.63, 3.8) is 0 Å². The van der Waals surface area contributed by atoms with Crippen LogP contribution in [0.5, 0.6) is 11.5 Å². The Hall–Kier alpha value is -2.53. The first-order chi connectivity index (χ1) is 10.7. The number of ether oxygens (including phenoxy) is 3. The zero-order valence-corrected chi connectivity index (χ0v) is 12.8. The lowest BCUT2D eigenvalue weighted by Gasteiger charge is -2.16. The highest BCUT2D eigenvalue weighted by Crippen LogP contribution is 2.30. The van der Waals surface area contributed by atoms with Gasteiger partial charge in [0.05, 0.1) is 14.2 Å². The molecule has 0 unspecified atom stereocenters. The molecule has 1 N–H and O–H groups in total. The molecule has 0 aliphatic rings. The van der Waals surface area contributed by atoms with Gasteiger partial charge in [0.2, 0.25) is 0 Å². The first-order valence-electron chi connectivity index (χ1n) is 6.80. The van der Waals surface area contributed by atoms with Gasteiger partial charge in [-0.25, -0.2) is 0 Å². The molecule has 0 aromatic heterocycles. The molecule has 22 heavy (non-hydrogen) atoms. The molecule has 1 amide bonds. The summed E-state index contributed by atoms with van der Waals surface area (Å²) in [5.74, 6) is 0.904. The molecule has 0 aliphatic heterocycles. The third-order valence-corrected chi connectivity index (χ3v) is 3.23. The summed E-state index contributed by atoms with van der Waals surface area (Å²) < 4.78 is 15.7. The molecule has 0 saturated heterocycles. The minimum Gasteiger partial charge on any atom is -0.493 e. The number of amides is 1. The highest BCUT2D eigenvalue weighted by molar-refractivity contribution is 5.95. The summed E-state index contributed by atoms with van der Waals surface area (Å²) >= 11 is 0. The van der Waals surface area contributed by atoms with Gasteiger partial charge in [-0.3, -0.25) is 4.79 Å². The first-order valence-corrected chi connectivity index (χ1v) is 6.80. The summed E-state index contributed by atoms with van der Waals surface area (Å²) in [6, 6.07) is 14.5. The van der Waals surface area contributed by atoms with Crippen LogP contribution in [0.2, 0.25) is 0 Å². The van der Waals surface area contributed by atoms with Gasteiger partial charge in [-0.15, -0.1) is 0 Å². The van der Waals surface area contributed by atoms with Crippen LogP contribution in [0.3, 0.4) is 0 Å². The Kier molecular flexibility index (Phi) is 5.38. The number of methoxy groups -OCH3 is 3. The number of benzene rings is 2. The van der Waals surface area contributed by atoms with E-state index in [2.05, 4.69) is 5.32 Å². The molecule has 0 fully saturated rings. The van der Waals surface area contributed by atoms with Gasteiger partial charge in [-0.05, 0) is 17.7 Å². The van der Waals surface area contributed by atoms with Gasteiger partial charge in [0, 0.05) is 18.9 Å². The van der Waals surface area contributed by atoms with Gasteiger partial charge in [0.1, 0.15) is 0 Å². The number of rotatable bonds is 6. The van der Waals surface area contributed by atoms with Gasteiger partial charge in [0.25, 0.3) is 5.91 Å². The monoisotopic (exact) mass is 301 g/mol. The number of carbonyl (C=O) groups excluding carboxylic acids is 1. The van der Waals surface area contributed by atoms with Crippen molar-refractivity contribution < 1.29 is 19.0 Å². The van der Waals surface area contributed by atoms with E-state index >= 15 is 0 Å². The quantitative estimate of drug-likeness (QED) is 0.891. The van der Waals surface area contributed by atoms with Crippen molar-refractivity contribution in [2.75, 3.05) is 26.6 Å². The minimum atomic E-state index is -0.672. The zero-order valence-electron chi connectivity index (χ0n) is 12.8. The normalized spacial score (nSPS) is 11.6. The molecule has 0 spiro atoms. The van der Waals surface area contributed by atoms with Crippen molar-refractivity contribution in [3.05, 3.63) is 54.1 Å². The van der Waals surface area contributed by atoms with Crippen LogP contribution in [-0.2, 0) is 9.53 Å². The first kappa shape index (κ1) is 15.9. The Morgan fingerprint density at radius 3 is 2.23 bits per heavy atom. The minimum absolute atomic E-state index is 0.249. The van der Waals surface area contributed by atoms with Crippen LogP contribution in [0.15, 0.2) is 48.5 Å². The van der Waals surface area contributed by atoms with E-state index in [1.54, 1.807) is 32.4 Å². The van der Waals surface area contributed by atoms with Crippen LogP contribution >= 0.6 is 0 Å². The standard InChI is InChI=1S/C17H19NO4/c1-20-14-10-9-13(11-15(14)21-2)18-17(19)16(22-3)12-7-5-4-6-8-12/h4-11,16H,1-3H3,(H,18,19)/t16-/m0/s1. The fraction of sp³-hybridized carbons (Fsp3) is 0.235. The molecule has 5 nitrogen and oxygen atoms in total. The second kappa shape index (κ2) is 7.47. The predicted molar refractivity (Wildman–Crippen MR) is 84.4 cm³/mol. The average Bonchev–Trinajstić information content (AvgIpc) is 2.56. The molecular weight excluding hydrogens is 282 g/mol. The zero-order chi connectivity index (χ0) is 15.9. The lowest BCUT2D eigenvalue weighted by atomic mass is 10.1. The fourth-order valence-corrected chi connectivity index (χ4v) is 2.14. The Bertz CT molecular complexity index is 628. The van der Waals surface area contributed by atoms with Crippen LogP contribution in [0, 0.1) is 0 Å². The average molecular weight is 301 g/mol. The molecule has 5 heteroatoms. The van der Waals surface area contributed by atoms with Crippen LogP contribution < -0.4 is 14.8 Å². The molecule has 1 atom stereocenters. The van der Waals surface area contributed by atoms with Crippen LogP contribution in [0.4, 0.5) is 5.69 Å². The van der Waals surface area contributed by atoms with E-state index in [0.29, 0.717) is 17.2 Å². The molecular formula is C17H19NO4. The Morgan fingerprint density at radius 1 is 0.955 bits per heavy atom. The Balaban J connectivity index is 2.17. The Labute approximate surface area is 129 Å². The molecule has 0 aliphatic carbocycles. The lowest BCUT2D eigenvalue weighted by Crippen LogP contribution is -2.22. The van der Waals surface area contributed by atoms with E-state index in [1.165, 1.54) is 7.11 Å². The van der Waals surface area contributed by atoms with E-state index in [9.17, 15) is 4.79 Å². The van der Waals surface area contributed by atoms with Crippen LogP contribution in [0.1, 0.15) is 11.7 Å². The summed E-state index contributed by atoms with van der Waals surface area (Å²) in [6.07, 6.45) is -0.672. The van der Waals surface area contributed by atoms with Crippen molar-refractivity contribution in [1.82, 2.24) is 0 Å². The molecule has 0 heterocycles. The number of anilines is 1. The van der Waals surface area contributed by atoms with E-state index in [1.807, 2.05) is 30.3 Å². The number of carbonyl (C=O) groups is 1. The van der Waals surface area contributed by atoms with Crippen molar-refractivity contribution in [2.45, 2.75) is 6.10 Å². The molecule has 2 aromatic rings. The second-order valence-corrected chi connectivity index (χ2v) is 4.59. The number of hydrogen-bond acceptors (Lipinski definition) is 4. The van der Waals surface area contributed by atoms with Gasteiger partial charge in [0.15, 0.2) is 17.6 Å². The van der Waals surface area contributed by atoms with Crippen molar-refractivity contribution in [1.29, 1.82) is 0 Å². The summed E-state index contributed by atoms with van der Waals surface area (Å²) in [4.78, 5) is 12.4. The van der Waals surface area contributed by atoms with Gasteiger partial charge in [-0.1, -0.05) is 30.3 Å². The topological polar surface area (TPSA) is 56.8 Å². The summed E-state index contributed by atoms with van der Waals surface area (Å²) in [7, 11) is 4.61. The lowest BCUT2D eigenvalue weighted by molar-refractivity contribution is -0.126. The van der Waals surface area contributed by atoms with Crippen LogP contribution in [-0.4, -0.2) is 27.2 Å². The Morgan fingerprint density at radius 2 is 1.64 bits per heavy atom. The fourth-order valence-electron chi connectivity index (χ4n) is 2.14. The van der Waals surface area contributed by atoms with Crippen molar-refractivity contribution in [3.8, 4) is 11.5 Å². The van der Waals surface area contributed by atoms with E-state index in [-0.39, 0.29) is 5.91 Å². The van der Waals surface area contributed by atoms with Crippen molar-refractivity contribution >= 4 is 11.6 Å². The molecule has 0 radical (unpaired) electrons. The number of hydrogen-bond donors (Lipinski definition) is 1. The van der Waals surface area contributed by atoms with E-state index in [4.69, 9.17) is 14.2 Å². The molecule has 2 aromatic carbocycles. The maximum Gasteiger partial charge on any atom is 0.258 e. The highest BCUT2D eigenvalue weighted by Gasteiger charge is 2.20. The van der Waals surface area contributed by atoms with Gasteiger partial charge < -0.3 is 19.5 Å². The van der Waals surface area contributed by atoms with Crippen molar-refractivity contribution in [2.24, 2.45) is 0 Å². The van der Waals surface area contributed by atoms with Crippen LogP contribution in [0.25, 0.3) is 0 Å². The predicted octanol–water partition coefficient (Wildman–Crippen LogP) is 3.03. The molecule has 0 bridgehead atoms. The summed E-state index contributed by atoms with van der Waals surface area (Å²) in [5, 5.41) is 2.82. The van der Waals surface area contributed by atoms with E-state index < -0.39 is 6.10 Å². The van der Waals surface area contributed by atoms with Gasteiger partial charge >= 0.3 is 0 Å². The maximum absolute atomic E-state index is 12.4. The summed E-state index contributed by atoms with van der Waals surface area (Å²) in [6.45, 7) is 0. The molecule has 0 saturated carbocycles. The summed E-state index contributed by atoms with van der Waals surface area (Å²) in [5.41, 5.74) is 1.41. The van der Waals surface area contributed by atoms with E-state index in [0.717, 1.165) is 5.56 Å². The molecule has 116 valence electrons. The second-order valence-electron chi connectivity index (χ2n) is 4.59. The van der Waals surface area contributed by atoms with Gasteiger partial charge in [-0.2, -0.15) is 0 Å². The highest BCUT2D eigenvalue weighted by atomic mass is 16.5. The SMILES string of the molecule is COc1ccc(NC(=O)[C@@H](OC)c2ccccc2)cc1OC.